The fourth-order valence-corrected chi connectivity index (χ4v) is 3.92. The molecule has 1 aliphatic heterocycles. The molecule has 1 fully saturated rings. The molecular formula is C29H25FN2O5. The number of allylic oxidation sites excluding steroid dienone is 1. The van der Waals surface area contributed by atoms with Gasteiger partial charge >= 0.3 is 6.03 Å². The van der Waals surface area contributed by atoms with Crippen molar-refractivity contribution in [1.82, 2.24) is 5.32 Å². The van der Waals surface area contributed by atoms with Gasteiger partial charge < -0.3 is 9.47 Å². The van der Waals surface area contributed by atoms with Gasteiger partial charge in [-0.25, -0.2) is 14.1 Å². The van der Waals surface area contributed by atoms with E-state index >= 15 is 0 Å². The summed E-state index contributed by atoms with van der Waals surface area (Å²) in [6.45, 7) is 5.78. The third kappa shape index (κ3) is 5.59. The predicted octanol–water partition coefficient (Wildman–Crippen LogP) is 5.12. The third-order valence-electron chi connectivity index (χ3n) is 5.72. The van der Waals surface area contributed by atoms with Gasteiger partial charge in [0, 0.05) is 5.56 Å². The van der Waals surface area contributed by atoms with Gasteiger partial charge in [-0.3, -0.25) is 14.9 Å². The molecule has 3 aromatic rings. The monoisotopic (exact) mass is 500 g/mol. The number of nitrogens with zero attached hydrogens (tertiary/aromatic N) is 1. The molecule has 0 unspecified atom stereocenters. The second-order valence-corrected chi connectivity index (χ2v) is 8.42. The van der Waals surface area contributed by atoms with Crippen LogP contribution in [0.2, 0.25) is 0 Å². The zero-order valence-electron chi connectivity index (χ0n) is 20.4. The second kappa shape index (κ2) is 10.9. The number of carbonyl (C=O) groups is 3. The second-order valence-electron chi connectivity index (χ2n) is 8.42. The number of carbonyl (C=O) groups excluding carboxylic acids is 3. The average Bonchev–Trinajstić information content (AvgIpc) is 2.87. The Labute approximate surface area is 213 Å². The number of urea groups is 1. The van der Waals surface area contributed by atoms with Gasteiger partial charge in [0.2, 0.25) is 0 Å². The largest absolute Gasteiger partial charge is 0.493 e. The molecule has 0 saturated carbocycles. The molecule has 1 heterocycles. The van der Waals surface area contributed by atoms with Crippen LogP contribution in [0.15, 0.2) is 78.9 Å². The lowest BCUT2D eigenvalue weighted by Gasteiger charge is -2.26. The average molecular weight is 501 g/mol. The van der Waals surface area contributed by atoms with Crippen LogP contribution in [-0.4, -0.2) is 25.0 Å². The van der Waals surface area contributed by atoms with Crippen molar-refractivity contribution < 1.29 is 28.2 Å². The number of rotatable bonds is 8. The standard InChI is InChI=1S/C29H25FN2O5/c1-4-6-21-13-20(16-25(36-3)26(21)37-17-19-7-5-8-22(30)14-19)15-24-27(33)31-29(35)32(28(24)34)23-11-9-18(2)10-12-23/h4-5,7-16H,1,6,17H2,2-3H3,(H,31,33,35)/b24-15+. The molecule has 1 N–H and O–H groups in total. The number of imide groups is 2. The van der Waals surface area contributed by atoms with E-state index in [1.54, 1.807) is 54.6 Å². The first-order valence-corrected chi connectivity index (χ1v) is 11.5. The highest BCUT2D eigenvalue weighted by atomic mass is 19.1. The molecule has 0 atom stereocenters. The van der Waals surface area contributed by atoms with Gasteiger partial charge in [-0.2, -0.15) is 0 Å². The highest BCUT2D eigenvalue weighted by Gasteiger charge is 2.36. The Morgan fingerprint density at radius 2 is 1.81 bits per heavy atom. The third-order valence-corrected chi connectivity index (χ3v) is 5.72. The van der Waals surface area contributed by atoms with Gasteiger partial charge in [-0.15, -0.1) is 6.58 Å². The summed E-state index contributed by atoms with van der Waals surface area (Å²) in [5, 5.41) is 2.22. The maximum atomic E-state index is 13.6. The summed E-state index contributed by atoms with van der Waals surface area (Å²) in [6, 6.07) is 15.4. The number of hydrogen-bond acceptors (Lipinski definition) is 5. The number of hydrogen-bond donors (Lipinski definition) is 1. The molecule has 37 heavy (non-hydrogen) atoms. The minimum absolute atomic E-state index is 0.104. The van der Waals surface area contributed by atoms with Crippen LogP contribution in [0.4, 0.5) is 14.9 Å². The normalized spacial score (nSPS) is 14.5. The Kier molecular flexibility index (Phi) is 7.48. The maximum absolute atomic E-state index is 13.6. The Bertz CT molecular complexity index is 1410. The van der Waals surface area contributed by atoms with E-state index in [1.807, 2.05) is 6.92 Å². The van der Waals surface area contributed by atoms with Crippen LogP contribution < -0.4 is 19.7 Å². The van der Waals surface area contributed by atoms with Gasteiger partial charge in [0.1, 0.15) is 18.0 Å². The maximum Gasteiger partial charge on any atom is 0.335 e. The molecule has 3 aromatic carbocycles. The molecule has 0 aromatic heterocycles. The van der Waals surface area contributed by atoms with Crippen LogP contribution in [0.25, 0.3) is 6.08 Å². The molecule has 0 spiro atoms. The van der Waals surface area contributed by atoms with Gasteiger partial charge in [0.25, 0.3) is 11.8 Å². The lowest BCUT2D eigenvalue weighted by Crippen LogP contribution is -2.54. The van der Waals surface area contributed by atoms with E-state index < -0.39 is 17.8 Å². The molecule has 0 bridgehead atoms. The lowest BCUT2D eigenvalue weighted by atomic mass is 10.0. The number of aryl methyl sites for hydroxylation is 1. The summed E-state index contributed by atoms with van der Waals surface area (Å²) < 4.78 is 25.1. The van der Waals surface area contributed by atoms with E-state index in [0.29, 0.717) is 40.3 Å². The van der Waals surface area contributed by atoms with E-state index in [1.165, 1.54) is 25.3 Å². The van der Waals surface area contributed by atoms with Crippen molar-refractivity contribution in [3.8, 4) is 11.5 Å². The molecule has 8 heteroatoms. The summed E-state index contributed by atoms with van der Waals surface area (Å²) in [7, 11) is 1.47. The topological polar surface area (TPSA) is 84.9 Å². The van der Waals surface area contributed by atoms with Gasteiger partial charge in [-0.1, -0.05) is 35.9 Å². The number of barbiturate groups is 1. The molecule has 4 amide bonds. The quantitative estimate of drug-likeness (QED) is 0.264. The highest BCUT2D eigenvalue weighted by Crippen LogP contribution is 2.35. The predicted molar refractivity (Wildman–Crippen MR) is 138 cm³/mol. The molecule has 1 saturated heterocycles. The minimum atomic E-state index is -0.818. The van der Waals surface area contributed by atoms with Crippen LogP contribution in [0.1, 0.15) is 22.3 Å². The molecule has 1 aliphatic rings. The molecule has 188 valence electrons. The molecule has 0 radical (unpaired) electrons. The molecule has 7 nitrogen and oxygen atoms in total. The Hall–Kier alpha value is -4.72. The van der Waals surface area contributed by atoms with Crippen molar-refractivity contribution in [1.29, 1.82) is 0 Å². The van der Waals surface area contributed by atoms with Crippen molar-refractivity contribution in [2.24, 2.45) is 0 Å². The Morgan fingerprint density at radius 1 is 1.05 bits per heavy atom. The SMILES string of the molecule is C=CCc1cc(/C=C2\C(=O)NC(=O)N(c3ccc(C)cc3)C2=O)cc(OC)c1OCc1cccc(F)c1. The van der Waals surface area contributed by atoms with Crippen LogP contribution in [-0.2, 0) is 22.6 Å². The number of benzene rings is 3. The molecule has 0 aliphatic carbocycles. The van der Waals surface area contributed by atoms with E-state index in [9.17, 15) is 18.8 Å². The number of amides is 4. The van der Waals surface area contributed by atoms with E-state index in [4.69, 9.17) is 9.47 Å². The zero-order valence-corrected chi connectivity index (χ0v) is 20.4. The number of anilines is 1. The lowest BCUT2D eigenvalue weighted by molar-refractivity contribution is -0.122. The number of nitrogens with one attached hydrogen (secondary N) is 1. The molecular weight excluding hydrogens is 475 g/mol. The number of ether oxygens (including phenoxy) is 2. The highest BCUT2D eigenvalue weighted by molar-refractivity contribution is 6.39. The van der Waals surface area contributed by atoms with E-state index in [2.05, 4.69) is 11.9 Å². The Morgan fingerprint density at radius 3 is 2.49 bits per heavy atom. The number of halogens is 1. The summed E-state index contributed by atoms with van der Waals surface area (Å²) >= 11 is 0. The zero-order chi connectivity index (χ0) is 26.5. The van der Waals surface area contributed by atoms with Crippen LogP contribution in [0.5, 0.6) is 11.5 Å². The van der Waals surface area contributed by atoms with Gasteiger partial charge in [-0.05, 0) is 66.9 Å². The van der Waals surface area contributed by atoms with E-state index in [0.717, 1.165) is 10.5 Å². The van der Waals surface area contributed by atoms with Gasteiger partial charge in [0.15, 0.2) is 11.5 Å². The van der Waals surface area contributed by atoms with Crippen LogP contribution in [0.3, 0.4) is 0 Å². The Balaban J connectivity index is 1.69. The van der Waals surface area contributed by atoms with Crippen molar-refractivity contribution >= 4 is 29.6 Å². The van der Waals surface area contributed by atoms with Gasteiger partial charge in [0.05, 0.1) is 12.8 Å². The van der Waals surface area contributed by atoms with Crippen molar-refractivity contribution in [2.45, 2.75) is 20.0 Å². The van der Waals surface area contributed by atoms with Crippen LogP contribution in [0, 0.1) is 12.7 Å². The number of methoxy groups -OCH3 is 1. The first-order chi connectivity index (χ1) is 17.8. The van der Waals surface area contributed by atoms with Crippen molar-refractivity contribution in [3.63, 3.8) is 0 Å². The van der Waals surface area contributed by atoms with Crippen molar-refractivity contribution in [2.75, 3.05) is 12.0 Å². The summed E-state index contributed by atoms with van der Waals surface area (Å²) in [5.74, 6) is -1.11. The summed E-state index contributed by atoms with van der Waals surface area (Å²) in [6.07, 6.45) is 3.48. The summed E-state index contributed by atoms with van der Waals surface area (Å²) in [4.78, 5) is 39.2. The fourth-order valence-electron chi connectivity index (χ4n) is 3.92. The first-order valence-electron chi connectivity index (χ1n) is 11.5. The first kappa shape index (κ1) is 25.4. The van der Waals surface area contributed by atoms with Crippen LogP contribution >= 0.6 is 0 Å². The molecule has 4 rings (SSSR count). The van der Waals surface area contributed by atoms with Crippen molar-refractivity contribution in [3.05, 3.63) is 107 Å². The minimum Gasteiger partial charge on any atom is -0.493 e. The fraction of sp³-hybridized carbons (Fsp3) is 0.138. The summed E-state index contributed by atoms with van der Waals surface area (Å²) in [5.41, 5.74) is 2.92. The van der Waals surface area contributed by atoms with E-state index in [-0.39, 0.29) is 18.0 Å². The smallest absolute Gasteiger partial charge is 0.335 e.